The van der Waals surface area contributed by atoms with Crippen LogP contribution in [0.15, 0.2) is 30.3 Å². The lowest BCUT2D eigenvalue weighted by atomic mass is 9.38. The molecule has 0 spiro atoms. The number of benzene rings is 1. The van der Waals surface area contributed by atoms with Crippen LogP contribution in [0.1, 0.15) is 71.3 Å². The standard InChI is InChI=1S/C25H36N2O/c1-22(2)17-27(10-9-20(22)26)21(28)25-13-18-11-23(3,15-25)14-24(12-18,16-25)19-7-5-4-6-8-19/h4-8,18,20H,9-17,26H2,1-3H3/t18?,20-,23+,24+,25?/m1/s1. The Balaban J connectivity index is 1.50. The minimum absolute atomic E-state index is 0.0111. The molecule has 1 aromatic carbocycles. The maximum Gasteiger partial charge on any atom is 0.228 e. The molecule has 5 aliphatic rings. The van der Waals surface area contributed by atoms with E-state index in [1.807, 2.05) is 0 Å². The number of hydrogen-bond acceptors (Lipinski definition) is 2. The molecule has 0 radical (unpaired) electrons. The van der Waals surface area contributed by atoms with Crippen molar-refractivity contribution in [1.29, 1.82) is 0 Å². The van der Waals surface area contributed by atoms with Crippen molar-refractivity contribution in [3.05, 3.63) is 35.9 Å². The quantitative estimate of drug-likeness (QED) is 0.821. The highest BCUT2D eigenvalue weighted by molar-refractivity contribution is 5.84. The lowest BCUT2D eigenvalue weighted by Gasteiger charge is -2.66. The molecule has 0 aromatic heterocycles. The van der Waals surface area contributed by atoms with Crippen LogP contribution in [0.3, 0.4) is 0 Å². The largest absolute Gasteiger partial charge is 0.342 e. The van der Waals surface area contributed by atoms with Gasteiger partial charge in [-0.1, -0.05) is 51.1 Å². The molecule has 3 nitrogen and oxygen atoms in total. The lowest BCUT2D eigenvalue weighted by molar-refractivity contribution is -0.173. The number of nitrogens with two attached hydrogens (primary N) is 1. The Morgan fingerprint density at radius 3 is 2.46 bits per heavy atom. The first-order chi connectivity index (χ1) is 13.2. The average Bonchev–Trinajstić information content (AvgIpc) is 2.62. The number of carbonyl (C=O) groups excluding carboxylic acids is 1. The second kappa shape index (κ2) is 5.84. The zero-order valence-corrected chi connectivity index (χ0v) is 17.8. The molecule has 1 aliphatic heterocycles. The van der Waals surface area contributed by atoms with Gasteiger partial charge in [0, 0.05) is 19.1 Å². The molecule has 1 aromatic rings. The van der Waals surface area contributed by atoms with E-state index in [0.717, 1.165) is 38.8 Å². The first-order valence-electron chi connectivity index (χ1n) is 11.3. The van der Waals surface area contributed by atoms with Gasteiger partial charge in [-0.15, -0.1) is 0 Å². The first-order valence-corrected chi connectivity index (χ1v) is 11.3. The summed E-state index contributed by atoms with van der Waals surface area (Å²) in [7, 11) is 0. The summed E-state index contributed by atoms with van der Waals surface area (Å²) in [5, 5.41) is 0. The first kappa shape index (κ1) is 18.7. The molecule has 3 heteroatoms. The zero-order valence-electron chi connectivity index (χ0n) is 17.8. The van der Waals surface area contributed by atoms with Gasteiger partial charge < -0.3 is 10.6 Å². The molecule has 28 heavy (non-hydrogen) atoms. The van der Waals surface area contributed by atoms with Crippen LogP contribution in [0, 0.1) is 22.2 Å². The van der Waals surface area contributed by atoms with Gasteiger partial charge in [-0.05, 0) is 72.7 Å². The Kier molecular flexibility index (Phi) is 3.89. The summed E-state index contributed by atoms with van der Waals surface area (Å²) in [5.41, 5.74) is 8.21. The summed E-state index contributed by atoms with van der Waals surface area (Å²) < 4.78 is 0. The van der Waals surface area contributed by atoms with Crippen molar-refractivity contribution >= 4 is 5.91 Å². The number of carbonyl (C=O) groups is 1. The highest BCUT2D eigenvalue weighted by Gasteiger charge is 2.65. The fourth-order valence-corrected chi connectivity index (χ4v) is 8.16. The smallest absolute Gasteiger partial charge is 0.228 e. The Morgan fingerprint density at radius 2 is 1.79 bits per heavy atom. The third-order valence-electron chi connectivity index (χ3n) is 8.79. The summed E-state index contributed by atoms with van der Waals surface area (Å²) in [6, 6.07) is 11.3. The fourth-order valence-electron chi connectivity index (χ4n) is 8.16. The molecule has 4 aliphatic carbocycles. The molecular weight excluding hydrogens is 344 g/mol. The summed E-state index contributed by atoms with van der Waals surface area (Å²) in [4.78, 5) is 16.2. The Labute approximate surface area is 170 Å². The van der Waals surface area contributed by atoms with E-state index in [1.165, 1.54) is 24.8 Å². The maximum absolute atomic E-state index is 14.0. The number of nitrogens with zero attached hydrogens (tertiary/aromatic N) is 1. The van der Waals surface area contributed by atoms with E-state index in [9.17, 15) is 4.79 Å². The minimum atomic E-state index is -0.151. The van der Waals surface area contributed by atoms with E-state index in [2.05, 4.69) is 56.0 Å². The third kappa shape index (κ3) is 2.69. The zero-order chi connectivity index (χ0) is 19.8. The van der Waals surface area contributed by atoms with Crippen molar-refractivity contribution in [2.75, 3.05) is 13.1 Å². The molecule has 1 saturated heterocycles. The summed E-state index contributed by atoms with van der Waals surface area (Å²) in [6.07, 6.45) is 8.03. The van der Waals surface area contributed by atoms with E-state index in [1.54, 1.807) is 0 Å². The van der Waals surface area contributed by atoms with Crippen LogP contribution in [0.2, 0.25) is 0 Å². The third-order valence-corrected chi connectivity index (χ3v) is 8.79. The van der Waals surface area contributed by atoms with E-state index < -0.39 is 0 Å². The van der Waals surface area contributed by atoms with Crippen LogP contribution in [-0.4, -0.2) is 29.9 Å². The summed E-state index contributed by atoms with van der Waals surface area (Å²) in [6.45, 7) is 8.57. The van der Waals surface area contributed by atoms with E-state index >= 15 is 0 Å². The average molecular weight is 381 g/mol. The topological polar surface area (TPSA) is 46.3 Å². The molecule has 2 N–H and O–H groups in total. The Hall–Kier alpha value is -1.35. The molecule has 2 unspecified atom stereocenters. The maximum atomic E-state index is 14.0. The van der Waals surface area contributed by atoms with E-state index in [4.69, 9.17) is 5.73 Å². The molecule has 152 valence electrons. The van der Waals surface area contributed by atoms with Crippen molar-refractivity contribution in [3.63, 3.8) is 0 Å². The number of hydrogen-bond donors (Lipinski definition) is 1. The number of piperidine rings is 1. The molecule has 6 rings (SSSR count). The number of rotatable bonds is 2. The Bertz CT molecular complexity index is 789. The minimum Gasteiger partial charge on any atom is -0.342 e. The number of likely N-dealkylation sites (tertiary alicyclic amines) is 1. The van der Waals surface area contributed by atoms with E-state index in [-0.39, 0.29) is 22.3 Å². The number of amides is 1. The molecule has 5 fully saturated rings. The predicted molar refractivity (Wildman–Crippen MR) is 113 cm³/mol. The van der Waals surface area contributed by atoms with Crippen molar-refractivity contribution in [2.24, 2.45) is 27.9 Å². The van der Waals surface area contributed by atoms with Gasteiger partial charge in [0.2, 0.25) is 5.91 Å². The van der Waals surface area contributed by atoms with Crippen LogP contribution in [-0.2, 0) is 10.2 Å². The van der Waals surface area contributed by atoms with Crippen LogP contribution in [0.25, 0.3) is 0 Å². The summed E-state index contributed by atoms with van der Waals surface area (Å²) >= 11 is 0. The van der Waals surface area contributed by atoms with Crippen molar-refractivity contribution in [2.45, 2.75) is 77.2 Å². The van der Waals surface area contributed by atoms with Crippen LogP contribution < -0.4 is 5.73 Å². The van der Waals surface area contributed by atoms with Gasteiger partial charge >= 0.3 is 0 Å². The van der Waals surface area contributed by atoms with Crippen LogP contribution in [0.5, 0.6) is 0 Å². The van der Waals surface area contributed by atoms with Gasteiger partial charge in [-0.2, -0.15) is 0 Å². The fraction of sp³-hybridized carbons (Fsp3) is 0.720. The summed E-state index contributed by atoms with van der Waals surface area (Å²) in [5.74, 6) is 1.15. The van der Waals surface area contributed by atoms with Gasteiger partial charge in [0.15, 0.2) is 0 Å². The molecule has 5 atom stereocenters. The highest BCUT2D eigenvalue weighted by Crippen LogP contribution is 2.70. The second-order valence-electron chi connectivity index (χ2n) is 11.9. The molecular formula is C25H36N2O. The van der Waals surface area contributed by atoms with Crippen LogP contribution in [0.4, 0.5) is 0 Å². The second-order valence-corrected chi connectivity index (χ2v) is 11.9. The highest BCUT2D eigenvalue weighted by atomic mass is 16.2. The van der Waals surface area contributed by atoms with E-state index in [0.29, 0.717) is 17.2 Å². The molecule has 4 bridgehead atoms. The van der Waals surface area contributed by atoms with Gasteiger partial charge in [-0.25, -0.2) is 0 Å². The van der Waals surface area contributed by atoms with Crippen molar-refractivity contribution in [1.82, 2.24) is 4.90 Å². The van der Waals surface area contributed by atoms with Crippen LogP contribution >= 0.6 is 0 Å². The lowest BCUT2D eigenvalue weighted by Crippen LogP contribution is -2.64. The predicted octanol–water partition coefficient (Wildman–Crippen LogP) is 4.50. The van der Waals surface area contributed by atoms with Gasteiger partial charge in [0.25, 0.3) is 0 Å². The van der Waals surface area contributed by atoms with Crippen molar-refractivity contribution in [3.8, 4) is 0 Å². The molecule has 1 amide bonds. The normalized spacial score (nSPS) is 43.9. The molecule has 4 saturated carbocycles. The SMILES string of the molecule is CC1(C)CN(C(=O)C23CC4C[C@](C)(C2)C[C@@](c2ccccc2)(C4)C3)CC[C@H]1N. The Morgan fingerprint density at radius 1 is 1.04 bits per heavy atom. The monoisotopic (exact) mass is 380 g/mol. The van der Waals surface area contributed by atoms with Crippen molar-refractivity contribution < 1.29 is 4.79 Å². The van der Waals surface area contributed by atoms with Gasteiger partial charge in [-0.3, -0.25) is 4.79 Å². The van der Waals surface area contributed by atoms with Gasteiger partial charge in [0.1, 0.15) is 0 Å². The van der Waals surface area contributed by atoms with Gasteiger partial charge in [0.05, 0.1) is 5.41 Å². The molecule has 1 heterocycles.